The second-order valence-corrected chi connectivity index (χ2v) is 4.47. The lowest BCUT2D eigenvalue weighted by atomic mass is 10.2. The number of nitrogens with zero attached hydrogens (tertiary/aromatic N) is 3. The standard InChI is InChI=1S/C15H21N5O/c1-3-21-11-15-19-13(16-2)10-14(20-15)18-9-6-12-4-7-17-8-5-12/h4-5,7-8,10H,3,6,9,11H2,1-2H3,(H2,16,18,19,20). The number of nitrogens with one attached hydrogen (secondary N) is 2. The number of anilines is 2. The molecule has 112 valence electrons. The molecule has 0 bridgehead atoms. The van der Waals surface area contributed by atoms with Crippen molar-refractivity contribution in [3.05, 3.63) is 42.0 Å². The van der Waals surface area contributed by atoms with Crippen LogP contribution < -0.4 is 10.6 Å². The number of aromatic nitrogens is 3. The van der Waals surface area contributed by atoms with Crippen LogP contribution in [0, 0.1) is 0 Å². The van der Waals surface area contributed by atoms with Gasteiger partial charge < -0.3 is 15.4 Å². The van der Waals surface area contributed by atoms with Gasteiger partial charge in [-0.15, -0.1) is 0 Å². The normalized spacial score (nSPS) is 10.4. The summed E-state index contributed by atoms with van der Waals surface area (Å²) in [5.41, 5.74) is 1.25. The van der Waals surface area contributed by atoms with Crippen molar-refractivity contribution in [3.8, 4) is 0 Å². The molecule has 0 aliphatic carbocycles. The SMILES string of the molecule is CCOCc1nc(NC)cc(NCCc2ccncc2)n1. The first-order valence-electron chi connectivity index (χ1n) is 7.08. The van der Waals surface area contributed by atoms with Crippen LogP contribution in [0.15, 0.2) is 30.6 Å². The molecule has 0 fully saturated rings. The van der Waals surface area contributed by atoms with Gasteiger partial charge in [0.2, 0.25) is 0 Å². The lowest BCUT2D eigenvalue weighted by molar-refractivity contribution is 0.128. The van der Waals surface area contributed by atoms with Crippen LogP contribution in [-0.2, 0) is 17.8 Å². The van der Waals surface area contributed by atoms with Crippen LogP contribution in [0.5, 0.6) is 0 Å². The van der Waals surface area contributed by atoms with Crippen molar-refractivity contribution < 1.29 is 4.74 Å². The first-order chi connectivity index (χ1) is 10.3. The van der Waals surface area contributed by atoms with E-state index in [-0.39, 0.29) is 0 Å². The molecule has 2 aromatic heterocycles. The third-order valence-corrected chi connectivity index (χ3v) is 2.93. The summed E-state index contributed by atoms with van der Waals surface area (Å²) in [5.74, 6) is 2.26. The maximum Gasteiger partial charge on any atom is 0.158 e. The molecule has 0 saturated carbocycles. The minimum atomic E-state index is 0.422. The fraction of sp³-hybridized carbons (Fsp3) is 0.400. The van der Waals surface area contributed by atoms with Crippen LogP contribution >= 0.6 is 0 Å². The highest BCUT2D eigenvalue weighted by atomic mass is 16.5. The molecule has 0 atom stereocenters. The van der Waals surface area contributed by atoms with E-state index in [1.165, 1.54) is 5.56 Å². The molecule has 2 heterocycles. The van der Waals surface area contributed by atoms with Gasteiger partial charge in [0.05, 0.1) is 0 Å². The van der Waals surface area contributed by atoms with Gasteiger partial charge in [0.1, 0.15) is 18.2 Å². The molecule has 6 nitrogen and oxygen atoms in total. The van der Waals surface area contributed by atoms with E-state index < -0.39 is 0 Å². The Labute approximate surface area is 125 Å². The van der Waals surface area contributed by atoms with Crippen LogP contribution in [0.25, 0.3) is 0 Å². The summed E-state index contributed by atoms with van der Waals surface area (Å²) in [5, 5.41) is 6.35. The minimum absolute atomic E-state index is 0.422. The van der Waals surface area contributed by atoms with E-state index >= 15 is 0 Å². The molecule has 2 N–H and O–H groups in total. The Morgan fingerprint density at radius 2 is 1.90 bits per heavy atom. The highest BCUT2D eigenvalue weighted by Crippen LogP contribution is 2.11. The molecule has 2 rings (SSSR count). The molecule has 2 aromatic rings. The molecule has 0 aliphatic heterocycles. The van der Waals surface area contributed by atoms with Gasteiger partial charge in [0.25, 0.3) is 0 Å². The number of hydrogen-bond donors (Lipinski definition) is 2. The first kappa shape index (κ1) is 15.2. The molecule has 6 heteroatoms. The Kier molecular flexibility index (Phi) is 5.90. The van der Waals surface area contributed by atoms with Gasteiger partial charge in [-0.3, -0.25) is 4.98 Å². The van der Waals surface area contributed by atoms with Crippen LogP contribution in [0.3, 0.4) is 0 Å². The van der Waals surface area contributed by atoms with Crippen molar-refractivity contribution in [2.45, 2.75) is 20.0 Å². The summed E-state index contributed by atoms with van der Waals surface area (Å²) < 4.78 is 5.36. The van der Waals surface area contributed by atoms with E-state index in [4.69, 9.17) is 4.74 Å². The maximum absolute atomic E-state index is 5.36. The molecular weight excluding hydrogens is 266 g/mol. The molecular formula is C15H21N5O. The predicted octanol–water partition coefficient (Wildman–Crippen LogP) is 2.10. The third-order valence-electron chi connectivity index (χ3n) is 2.93. The number of hydrogen-bond acceptors (Lipinski definition) is 6. The first-order valence-corrected chi connectivity index (χ1v) is 7.08. The average Bonchev–Trinajstić information content (AvgIpc) is 2.53. The number of ether oxygens (including phenoxy) is 1. The molecule has 0 unspecified atom stereocenters. The van der Waals surface area contributed by atoms with Crippen LogP contribution in [0.4, 0.5) is 11.6 Å². The Hall–Kier alpha value is -2.21. The summed E-state index contributed by atoms with van der Waals surface area (Å²) in [6.45, 7) is 3.83. The molecule has 0 aliphatic rings. The minimum Gasteiger partial charge on any atom is -0.374 e. The maximum atomic E-state index is 5.36. The molecule has 0 aromatic carbocycles. The fourth-order valence-corrected chi connectivity index (χ4v) is 1.86. The van der Waals surface area contributed by atoms with Gasteiger partial charge in [0.15, 0.2) is 5.82 Å². The molecule has 0 radical (unpaired) electrons. The highest BCUT2D eigenvalue weighted by Gasteiger charge is 2.04. The lowest BCUT2D eigenvalue weighted by Gasteiger charge is -2.10. The van der Waals surface area contributed by atoms with E-state index in [0.29, 0.717) is 19.0 Å². The summed E-state index contributed by atoms with van der Waals surface area (Å²) >= 11 is 0. The van der Waals surface area contributed by atoms with Crippen LogP contribution in [-0.4, -0.2) is 35.2 Å². The summed E-state index contributed by atoms with van der Waals surface area (Å²) in [6.07, 6.45) is 4.53. The van der Waals surface area contributed by atoms with E-state index in [1.54, 1.807) is 12.4 Å². The Morgan fingerprint density at radius 1 is 1.14 bits per heavy atom. The van der Waals surface area contributed by atoms with Crippen molar-refractivity contribution in [1.82, 2.24) is 15.0 Å². The highest BCUT2D eigenvalue weighted by molar-refractivity contribution is 5.47. The zero-order chi connectivity index (χ0) is 14.9. The zero-order valence-corrected chi connectivity index (χ0v) is 12.5. The quantitative estimate of drug-likeness (QED) is 0.774. The molecule has 0 saturated heterocycles. The lowest BCUT2D eigenvalue weighted by Crippen LogP contribution is -2.10. The summed E-state index contributed by atoms with van der Waals surface area (Å²) in [6, 6.07) is 5.92. The average molecular weight is 287 g/mol. The van der Waals surface area contributed by atoms with Crippen molar-refractivity contribution in [2.75, 3.05) is 30.8 Å². The number of rotatable bonds is 8. The third kappa shape index (κ3) is 5.00. The van der Waals surface area contributed by atoms with Crippen LogP contribution in [0.1, 0.15) is 18.3 Å². The summed E-state index contributed by atoms with van der Waals surface area (Å²) in [7, 11) is 1.84. The van der Waals surface area contributed by atoms with E-state index in [0.717, 1.165) is 24.6 Å². The van der Waals surface area contributed by atoms with E-state index in [1.807, 2.05) is 32.2 Å². The van der Waals surface area contributed by atoms with Crippen molar-refractivity contribution >= 4 is 11.6 Å². The second kappa shape index (κ2) is 8.16. The zero-order valence-electron chi connectivity index (χ0n) is 12.5. The Morgan fingerprint density at radius 3 is 2.62 bits per heavy atom. The van der Waals surface area contributed by atoms with Gasteiger partial charge in [-0.25, -0.2) is 9.97 Å². The largest absolute Gasteiger partial charge is 0.374 e. The number of pyridine rings is 1. The van der Waals surface area contributed by atoms with Crippen molar-refractivity contribution in [3.63, 3.8) is 0 Å². The Balaban J connectivity index is 1.95. The summed E-state index contributed by atoms with van der Waals surface area (Å²) in [4.78, 5) is 12.8. The Bertz CT molecular complexity index is 547. The van der Waals surface area contributed by atoms with Gasteiger partial charge in [0, 0.05) is 38.7 Å². The molecule has 21 heavy (non-hydrogen) atoms. The van der Waals surface area contributed by atoms with Crippen molar-refractivity contribution in [2.24, 2.45) is 0 Å². The molecule has 0 amide bonds. The van der Waals surface area contributed by atoms with Gasteiger partial charge in [-0.2, -0.15) is 0 Å². The predicted molar refractivity (Wildman–Crippen MR) is 83.3 cm³/mol. The van der Waals surface area contributed by atoms with E-state index in [9.17, 15) is 0 Å². The van der Waals surface area contributed by atoms with Gasteiger partial charge in [-0.05, 0) is 31.0 Å². The van der Waals surface area contributed by atoms with Gasteiger partial charge >= 0.3 is 0 Å². The second-order valence-electron chi connectivity index (χ2n) is 4.47. The smallest absolute Gasteiger partial charge is 0.158 e. The topological polar surface area (TPSA) is 72.0 Å². The van der Waals surface area contributed by atoms with Crippen LogP contribution in [0.2, 0.25) is 0 Å². The fourth-order valence-electron chi connectivity index (χ4n) is 1.86. The van der Waals surface area contributed by atoms with Gasteiger partial charge in [-0.1, -0.05) is 0 Å². The monoisotopic (exact) mass is 287 g/mol. The van der Waals surface area contributed by atoms with Crippen molar-refractivity contribution in [1.29, 1.82) is 0 Å². The molecule has 0 spiro atoms. The van der Waals surface area contributed by atoms with E-state index in [2.05, 4.69) is 25.6 Å².